The molecule has 3 rings (SSSR count). The van der Waals surface area contributed by atoms with Crippen molar-refractivity contribution in [3.05, 3.63) is 42.9 Å². The minimum absolute atomic E-state index is 0.0156. The largest absolute Gasteiger partial charge is 0.496 e. The van der Waals surface area contributed by atoms with Crippen LogP contribution in [0.4, 0.5) is 5.82 Å². The molecule has 1 aromatic carbocycles. The molecule has 0 aliphatic carbocycles. The van der Waals surface area contributed by atoms with Crippen LogP contribution in [0.25, 0.3) is 16.9 Å². The van der Waals surface area contributed by atoms with Crippen molar-refractivity contribution in [3.63, 3.8) is 0 Å². The zero-order valence-corrected chi connectivity index (χ0v) is 15.2. The van der Waals surface area contributed by atoms with Crippen LogP contribution in [-0.4, -0.2) is 40.0 Å². The van der Waals surface area contributed by atoms with Crippen LogP contribution >= 0.6 is 0 Å². The van der Waals surface area contributed by atoms with Gasteiger partial charge in [-0.1, -0.05) is 12.1 Å². The Labute approximate surface area is 152 Å². The molecule has 0 aliphatic rings. The third-order valence-electron chi connectivity index (χ3n) is 3.89. The number of hydrogen-bond acceptors (Lipinski definition) is 5. The Morgan fingerprint density at radius 1 is 1.31 bits per heavy atom. The second kappa shape index (κ2) is 7.86. The molecule has 1 amide bonds. The Balaban J connectivity index is 1.92. The van der Waals surface area contributed by atoms with E-state index in [-0.39, 0.29) is 11.9 Å². The number of amides is 1. The number of para-hydroxylation sites is 1. The van der Waals surface area contributed by atoms with Crippen LogP contribution in [0.1, 0.15) is 20.3 Å². The first-order valence-electron chi connectivity index (χ1n) is 8.59. The normalized spacial score (nSPS) is 10.9. The van der Waals surface area contributed by atoms with Gasteiger partial charge in [0.15, 0.2) is 5.65 Å². The van der Waals surface area contributed by atoms with E-state index in [2.05, 4.69) is 15.6 Å². The maximum atomic E-state index is 11.9. The fourth-order valence-corrected chi connectivity index (χ4v) is 2.79. The van der Waals surface area contributed by atoms with Gasteiger partial charge in [-0.3, -0.25) is 14.2 Å². The first-order valence-corrected chi connectivity index (χ1v) is 8.59. The van der Waals surface area contributed by atoms with E-state index in [1.807, 2.05) is 48.7 Å². The number of hydrogen-bond donors (Lipinski definition) is 2. The summed E-state index contributed by atoms with van der Waals surface area (Å²) in [6.07, 6.45) is 5.63. The molecule has 2 aromatic heterocycles. The number of imidazole rings is 1. The van der Waals surface area contributed by atoms with Gasteiger partial charge in [0.2, 0.25) is 5.91 Å². The van der Waals surface area contributed by atoms with E-state index in [1.165, 1.54) is 0 Å². The maximum Gasteiger partial charge on any atom is 0.221 e. The van der Waals surface area contributed by atoms with E-state index in [9.17, 15) is 4.79 Å². The highest BCUT2D eigenvalue weighted by Gasteiger charge is 2.17. The molecular formula is C19H23N5O2. The van der Waals surface area contributed by atoms with E-state index in [0.29, 0.717) is 13.0 Å². The Morgan fingerprint density at radius 2 is 2.12 bits per heavy atom. The number of nitrogens with one attached hydrogen (secondary N) is 2. The number of ether oxygens (including phenoxy) is 1. The van der Waals surface area contributed by atoms with Crippen molar-refractivity contribution >= 4 is 17.4 Å². The van der Waals surface area contributed by atoms with E-state index in [1.54, 1.807) is 19.5 Å². The first-order chi connectivity index (χ1) is 12.6. The number of methoxy groups -OCH3 is 1. The topological polar surface area (TPSA) is 80.6 Å². The Bertz CT molecular complexity index is 904. The van der Waals surface area contributed by atoms with Crippen molar-refractivity contribution in [1.82, 2.24) is 19.7 Å². The molecule has 7 nitrogen and oxygen atoms in total. The Hall–Kier alpha value is -3.09. The molecule has 26 heavy (non-hydrogen) atoms. The average molecular weight is 353 g/mol. The lowest BCUT2D eigenvalue weighted by Crippen LogP contribution is -2.31. The molecule has 0 bridgehead atoms. The molecule has 2 N–H and O–H groups in total. The van der Waals surface area contributed by atoms with Gasteiger partial charge in [0.1, 0.15) is 17.3 Å². The van der Waals surface area contributed by atoms with Crippen LogP contribution in [0.3, 0.4) is 0 Å². The number of aromatic nitrogens is 3. The summed E-state index contributed by atoms with van der Waals surface area (Å²) in [4.78, 5) is 20.7. The lowest BCUT2D eigenvalue weighted by atomic mass is 10.1. The van der Waals surface area contributed by atoms with Crippen molar-refractivity contribution in [2.24, 2.45) is 0 Å². The fraction of sp³-hybridized carbons (Fsp3) is 0.316. The van der Waals surface area contributed by atoms with Gasteiger partial charge in [0, 0.05) is 37.0 Å². The molecule has 0 spiro atoms. The van der Waals surface area contributed by atoms with E-state index in [0.717, 1.165) is 28.5 Å². The predicted molar refractivity (Wildman–Crippen MR) is 101 cm³/mol. The summed E-state index contributed by atoms with van der Waals surface area (Å²) in [6.45, 7) is 4.39. The van der Waals surface area contributed by atoms with Gasteiger partial charge >= 0.3 is 0 Å². The molecule has 3 aromatic rings. The molecule has 7 heteroatoms. The SMILES string of the molecule is COc1ccccc1-c1nc2cnccn2c1NCCC(=O)NC(C)C. The lowest BCUT2D eigenvalue weighted by molar-refractivity contribution is -0.121. The van der Waals surface area contributed by atoms with Crippen LogP contribution in [0.2, 0.25) is 0 Å². The quantitative estimate of drug-likeness (QED) is 0.683. The van der Waals surface area contributed by atoms with Gasteiger partial charge < -0.3 is 15.4 Å². The summed E-state index contributed by atoms with van der Waals surface area (Å²) in [6, 6.07) is 7.86. The highest BCUT2D eigenvalue weighted by molar-refractivity contribution is 5.81. The third kappa shape index (κ3) is 3.77. The number of carbonyl (C=O) groups excluding carboxylic acids is 1. The number of anilines is 1. The predicted octanol–water partition coefficient (Wildman–Crippen LogP) is 2.73. The molecule has 0 saturated heterocycles. The second-order valence-electron chi connectivity index (χ2n) is 6.21. The second-order valence-corrected chi connectivity index (χ2v) is 6.21. The minimum Gasteiger partial charge on any atom is -0.496 e. The van der Waals surface area contributed by atoms with E-state index >= 15 is 0 Å². The van der Waals surface area contributed by atoms with Crippen molar-refractivity contribution < 1.29 is 9.53 Å². The highest BCUT2D eigenvalue weighted by Crippen LogP contribution is 2.34. The summed E-state index contributed by atoms with van der Waals surface area (Å²) < 4.78 is 7.41. The fourth-order valence-electron chi connectivity index (χ4n) is 2.79. The van der Waals surface area contributed by atoms with Crippen LogP contribution in [-0.2, 0) is 4.79 Å². The molecule has 0 radical (unpaired) electrons. The van der Waals surface area contributed by atoms with Gasteiger partial charge in [-0.15, -0.1) is 0 Å². The summed E-state index contributed by atoms with van der Waals surface area (Å²) in [7, 11) is 1.64. The average Bonchev–Trinajstić information content (AvgIpc) is 2.99. The van der Waals surface area contributed by atoms with E-state index < -0.39 is 0 Å². The molecule has 0 unspecified atom stereocenters. The molecule has 0 saturated carbocycles. The third-order valence-corrected chi connectivity index (χ3v) is 3.89. The number of rotatable bonds is 7. The number of fused-ring (bicyclic) bond motifs is 1. The standard InChI is InChI=1S/C19H23N5O2/c1-13(2)22-17(25)8-9-21-19-18(14-6-4-5-7-15(14)26-3)23-16-12-20-10-11-24(16)19/h4-7,10-13,21H,8-9H2,1-3H3,(H,22,25). The van der Waals surface area contributed by atoms with Crippen LogP contribution in [0, 0.1) is 0 Å². The van der Waals surface area contributed by atoms with E-state index in [4.69, 9.17) is 9.72 Å². The summed E-state index contributed by atoms with van der Waals surface area (Å²) in [5, 5.41) is 6.24. The lowest BCUT2D eigenvalue weighted by Gasteiger charge is -2.12. The smallest absolute Gasteiger partial charge is 0.221 e. The zero-order valence-electron chi connectivity index (χ0n) is 15.2. The molecule has 0 atom stereocenters. The van der Waals surface area contributed by atoms with Gasteiger partial charge in [-0.2, -0.15) is 0 Å². The first kappa shape index (κ1) is 17.7. The van der Waals surface area contributed by atoms with Gasteiger partial charge in [0.25, 0.3) is 0 Å². The van der Waals surface area contributed by atoms with Crippen molar-refractivity contribution in [1.29, 1.82) is 0 Å². The van der Waals surface area contributed by atoms with Crippen LogP contribution < -0.4 is 15.4 Å². The van der Waals surface area contributed by atoms with Crippen molar-refractivity contribution in [2.45, 2.75) is 26.3 Å². The molecular weight excluding hydrogens is 330 g/mol. The van der Waals surface area contributed by atoms with Gasteiger partial charge in [-0.05, 0) is 26.0 Å². The van der Waals surface area contributed by atoms with Gasteiger partial charge in [-0.25, -0.2) is 4.98 Å². The van der Waals surface area contributed by atoms with Crippen LogP contribution in [0.5, 0.6) is 5.75 Å². The Morgan fingerprint density at radius 3 is 2.88 bits per heavy atom. The monoisotopic (exact) mass is 353 g/mol. The summed E-state index contributed by atoms with van der Waals surface area (Å²) in [5.74, 6) is 1.57. The number of benzene rings is 1. The van der Waals surface area contributed by atoms with Gasteiger partial charge in [0.05, 0.1) is 13.3 Å². The highest BCUT2D eigenvalue weighted by atomic mass is 16.5. The van der Waals surface area contributed by atoms with Crippen LogP contribution in [0.15, 0.2) is 42.9 Å². The number of nitrogens with zero attached hydrogens (tertiary/aromatic N) is 3. The van der Waals surface area contributed by atoms with Crippen molar-refractivity contribution in [2.75, 3.05) is 19.0 Å². The summed E-state index contributed by atoms with van der Waals surface area (Å²) >= 11 is 0. The maximum absolute atomic E-state index is 11.9. The molecule has 0 aliphatic heterocycles. The van der Waals surface area contributed by atoms with Crippen molar-refractivity contribution in [3.8, 4) is 17.0 Å². The zero-order chi connectivity index (χ0) is 18.5. The molecule has 0 fully saturated rings. The Kier molecular flexibility index (Phi) is 5.36. The number of carbonyl (C=O) groups is 1. The molecule has 2 heterocycles. The summed E-state index contributed by atoms with van der Waals surface area (Å²) in [5.41, 5.74) is 2.37. The minimum atomic E-state index is 0.0156. The molecule has 136 valence electrons.